The Kier molecular flexibility index (Phi) is 6.31. The summed E-state index contributed by atoms with van der Waals surface area (Å²) in [6.45, 7) is 1.45. The van der Waals surface area contributed by atoms with E-state index in [4.69, 9.17) is 0 Å². The van der Waals surface area contributed by atoms with Crippen molar-refractivity contribution in [2.75, 3.05) is 25.0 Å². The van der Waals surface area contributed by atoms with Crippen molar-refractivity contribution in [3.63, 3.8) is 0 Å². The number of carbonyl (C=O) groups excluding carboxylic acids is 1. The largest absolute Gasteiger partial charge is 0.375 e. The van der Waals surface area contributed by atoms with Crippen molar-refractivity contribution in [2.45, 2.75) is 12.8 Å². The number of para-hydroxylation sites is 1. The summed E-state index contributed by atoms with van der Waals surface area (Å²) < 4.78 is 0. The lowest BCUT2D eigenvalue weighted by Crippen LogP contribution is -2.29. The van der Waals surface area contributed by atoms with Crippen molar-refractivity contribution in [1.82, 2.24) is 5.32 Å². The average molecular weight is 327 g/mol. The Morgan fingerprint density at radius 1 is 1.12 bits per heavy atom. The maximum absolute atomic E-state index is 11.9. The van der Waals surface area contributed by atoms with E-state index in [1.165, 1.54) is 12.1 Å². The summed E-state index contributed by atoms with van der Waals surface area (Å²) >= 11 is 0. The Labute approximate surface area is 141 Å². The SMILES string of the molecule is CN(CCCNC(=O)Cc1ccc([N+](=O)[O-])cc1)c1ccccc1. The van der Waals surface area contributed by atoms with Crippen LogP contribution in [0.5, 0.6) is 0 Å². The molecule has 0 saturated heterocycles. The van der Waals surface area contributed by atoms with E-state index in [1.807, 2.05) is 37.4 Å². The molecule has 0 atom stereocenters. The van der Waals surface area contributed by atoms with Gasteiger partial charge < -0.3 is 10.2 Å². The van der Waals surface area contributed by atoms with E-state index in [2.05, 4.69) is 10.2 Å². The van der Waals surface area contributed by atoms with E-state index in [0.29, 0.717) is 6.54 Å². The molecule has 0 aromatic heterocycles. The third kappa shape index (κ3) is 5.39. The third-order valence-electron chi connectivity index (χ3n) is 3.70. The van der Waals surface area contributed by atoms with Crippen LogP contribution >= 0.6 is 0 Å². The molecular weight excluding hydrogens is 306 g/mol. The zero-order valence-corrected chi connectivity index (χ0v) is 13.6. The predicted molar refractivity (Wildman–Crippen MR) is 94.1 cm³/mol. The van der Waals surface area contributed by atoms with Crippen LogP contribution in [0.4, 0.5) is 11.4 Å². The van der Waals surface area contributed by atoms with Crippen LogP contribution in [0.1, 0.15) is 12.0 Å². The Balaban J connectivity index is 1.69. The van der Waals surface area contributed by atoms with Gasteiger partial charge in [0.05, 0.1) is 11.3 Å². The highest BCUT2D eigenvalue weighted by molar-refractivity contribution is 5.78. The minimum Gasteiger partial charge on any atom is -0.375 e. The Hall–Kier alpha value is -2.89. The Morgan fingerprint density at radius 2 is 1.79 bits per heavy atom. The molecule has 0 fully saturated rings. The van der Waals surface area contributed by atoms with E-state index in [0.717, 1.165) is 24.2 Å². The number of nitro groups is 1. The predicted octanol–water partition coefficient (Wildman–Crippen LogP) is 2.78. The average Bonchev–Trinajstić information content (AvgIpc) is 2.59. The fraction of sp³-hybridized carbons (Fsp3) is 0.278. The maximum atomic E-state index is 11.9. The van der Waals surface area contributed by atoms with Gasteiger partial charge in [-0.25, -0.2) is 0 Å². The van der Waals surface area contributed by atoms with Gasteiger partial charge in [0.2, 0.25) is 5.91 Å². The molecule has 126 valence electrons. The molecule has 0 aliphatic heterocycles. The van der Waals surface area contributed by atoms with Gasteiger partial charge in [-0.1, -0.05) is 30.3 Å². The van der Waals surface area contributed by atoms with Crippen LogP contribution in [0, 0.1) is 10.1 Å². The van der Waals surface area contributed by atoms with Crippen LogP contribution < -0.4 is 10.2 Å². The van der Waals surface area contributed by atoms with E-state index in [9.17, 15) is 14.9 Å². The first-order valence-electron chi connectivity index (χ1n) is 7.82. The van der Waals surface area contributed by atoms with E-state index < -0.39 is 4.92 Å². The molecule has 0 bridgehead atoms. The highest BCUT2D eigenvalue weighted by Crippen LogP contribution is 2.12. The Morgan fingerprint density at radius 3 is 2.42 bits per heavy atom. The standard InChI is InChI=1S/C18H21N3O3/c1-20(16-6-3-2-4-7-16)13-5-12-19-18(22)14-15-8-10-17(11-9-15)21(23)24/h2-4,6-11H,5,12-14H2,1H3,(H,19,22). The highest BCUT2D eigenvalue weighted by atomic mass is 16.6. The molecule has 0 aliphatic rings. The monoisotopic (exact) mass is 327 g/mol. The van der Waals surface area contributed by atoms with Gasteiger partial charge in [0.15, 0.2) is 0 Å². The maximum Gasteiger partial charge on any atom is 0.269 e. The molecule has 0 heterocycles. The second-order valence-corrected chi connectivity index (χ2v) is 5.56. The minimum absolute atomic E-state index is 0.0307. The molecule has 1 N–H and O–H groups in total. The molecule has 1 amide bonds. The van der Waals surface area contributed by atoms with Gasteiger partial charge in [-0.3, -0.25) is 14.9 Å². The number of rotatable bonds is 8. The lowest BCUT2D eigenvalue weighted by Gasteiger charge is -2.19. The van der Waals surface area contributed by atoms with Gasteiger partial charge in [0.1, 0.15) is 0 Å². The van der Waals surface area contributed by atoms with Gasteiger partial charge in [-0.15, -0.1) is 0 Å². The number of nitro benzene ring substituents is 1. The van der Waals surface area contributed by atoms with Gasteiger partial charge in [0, 0.05) is 38.0 Å². The lowest BCUT2D eigenvalue weighted by molar-refractivity contribution is -0.384. The number of carbonyl (C=O) groups is 1. The quantitative estimate of drug-likeness (QED) is 0.459. The van der Waals surface area contributed by atoms with Gasteiger partial charge in [-0.2, -0.15) is 0 Å². The van der Waals surface area contributed by atoms with Crippen molar-refractivity contribution in [3.8, 4) is 0 Å². The van der Waals surface area contributed by atoms with Crippen LogP contribution in [0.25, 0.3) is 0 Å². The summed E-state index contributed by atoms with van der Waals surface area (Å²) in [5, 5.41) is 13.5. The summed E-state index contributed by atoms with van der Waals surface area (Å²) in [6.07, 6.45) is 1.07. The number of nitrogens with one attached hydrogen (secondary N) is 1. The van der Waals surface area contributed by atoms with Crippen LogP contribution in [-0.4, -0.2) is 31.0 Å². The zero-order chi connectivity index (χ0) is 17.4. The summed E-state index contributed by atoms with van der Waals surface area (Å²) in [4.78, 5) is 24.2. The van der Waals surface area contributed by atoms with Crippen LogP contribution in [0.2, 0.25) is 0 Å². The molecule has 6 heteroatoms. The van der Waals surface area contributed by atoms with Crippen molar-refractivity contribution in [3.05, 3.63) is 70.3 Å². The second kappa shape index (κ2) is 8.67. The lowest BCUT2D eigenvalue weighted by atomic mass is 10.1. The van der Waals surface area contributed by atoms with Crippen molar-refractivity contribution >= 4 is 17.3 Å². The van der Waals surface area contributed by atoms with E-state index >= 15 is 0 Å². The van der Waals surface area contributed by atoms with Crippen molar-refractivity contribution < 1.29 is 9.72 Å². The first-order valence-corrected chi connectivity index (χ1v) is 7.82. The molecule has 24 heavy (non-hydrogen) atoms. The van der Waals surface area contributed by atoms with Crippen molar-refractivity contribution in [2.24, 2.45) is 0 Å². The minimum atomic E-state index is -0.451. The smallest absolute Gasteiger partial charge is 0.269 e. The number of non-ortho nitro benzene ring substituents is 1. The van der Waals surface area contributed by atoms with E-state index in [1.54, 1.807) is 12.1 Å². The fourth-order valence-corrected chi connectivity index (χ4v) is 2.34. The number of hydrogen-bond donors (Lipinski definition) is 1. The highest BCUT2D eigenvalue weighted by Gasteiger charge is 2.07. The van der Waals surface area contributed by atoms with Crippen LogP contribution in [-0.2, 0) is 11.2 Å². The molecule has 2 aromatic rings. The van der Waals surface area contributed by atoms with Gasteiger partial charge >= 0.3 is 0 Å². The molecule has 0 saturated carbocycles. The summed E-state index contributed by atoms with van der Waals surface area (Å²) in [5.74, 6) is -0.0776. The molecule has 2 aromatic carbocycles. The van der Waals surface area contributed by atoms with Gasteiger partial charge in [0.25, 0.3) is 5.69 Å². The van der Waals surface area contributed by atoms with Crippen LogP contribution in [0.15, 0.2) is 54.6 Å². The summed E-state index contributed by atoms with van der Waals surface area (Å²) in [5.41, 5.74) is 1.94. The molecule has 0 radical (unpaired) electrons. The first-order chi connectivity index (χ1) is 11.6. The second-order valence-electron chi connectivity index (χ2n) is 5.56. The molecule has 2 rings (SSSR count). The molecular formula is C18H21N3O3. The Bertz CT molecular complexity index is 672. The number of amides is 1. The topological polar surface area (TPSA) is 75.5 Å². The number of benzene rings is 2. The number of hydrogen-bond acceptors (Lipinski definition) is 4. The third-order valence-corrected chi connectivity index (χ3v) is 3.70. The van der Waals surface area contributed by atoms with Crippen LogP contribution in [0.3, 0.4) is 0 Å². The molecule has 0 aliphatic carbocycles. The molecule has 6 nitrogen and oxygen atoms in total. The zero-order valence-electron chi connectivity index (χ0n) is 13.6. The van der Waals surface area contributed by atoms with Crippen molar-refractivity contribution in [1.29, 1.82) is 0 Å². The normalized spacial score (nSPS) is 10.2. The van der Waals surface area contributed by atoms with E-state index in [-0.39, 0.29) is 18.0 Å². The number of nitrogens with zero attached hydrogens (tertiary/aromatic N) is 2. The molecule has 0 unspecified atom stereocenters. The fourth-order valence-electron chi connectivity index (χ4n) is 2.34. The summed E-state index contributed by atoms with van der Waals surface area (Å²) in [7, 11) is 2.02. The molecule has 0 spiro atoms. The number of anilines is 1. The van der Waals surface area contributed by atoms with Gasteiger partial charge in [-0.05, 0) is 24.1 Å². The first kappa shape index (κ1) is 17.5. The summed E-state index contributed by atoms with van der Waals surface area (Å²) in [6, 6.07) is 16.1.